The third kappa shape index (κ3) is 4.25. The van der Waals surface area contributed by atoms with E-state index in [-0.39, 0.29) is 42.7 Å². The number of aromatic amines is 2. The van der Waals surface area contributed by atoms with Crippen LogP contribution in [0.5, 0.6) is 29.4 Å². The Morgan fingerprint density at radius 1 is 0.943 bits per heavy atom. The Labute approximate surface area is 208 Å². The Bertz CT molecular complexity index is 1600. The second-order valence-electron chi connectivity index (χ2n) is 7.05. The zero-order valence-corrected chi connectivity index (χ0v) is 19.4. The van der Waals surface area contributed by atoms with E-state index in [9.17, 15) is 25.4 Å². The Morgan fingerprint density at radius 3 is 2.17 bits per heavy atom. The Balaban J connectivity index is 1.76. The molecule has 0 spiro atoms. The van der Waals surface area contributed by atoms with Gasteiger partial charge in [-0.1, -0.05) is 12.1 Å². The predicted octanol–water partition coefficient (Wildman–Crippen LogP) is 3.84. The van der Waals surface area contributed by atoms with Crippen molar-refractivity contribution in [3.05, 3.63) is 66.7 Å². The van der Waals surface area contributed by atoms with Gasteiger partial charge in [0.15, 0.2) is 0 Å². The van der Waals surface area contributed by atoms with E-state index >= 15 is 0 Å². The number of ether oxygens (including phenoxy) is 1. The van der Waals surface area contributed by atoms with Crippen LogP contribution in [0.25, 0.3) is 0 Å². The molecule has 176 valence electrons. The number of hydrogen-bond donors (Lipinski definition) is 5. The van der Waals surface area contributed by atoms with Crippen molar-refractivity contribution in [1.82, 2.24) is 29.9 Å². The average Bonchev–Trinajstić information content (AvgIpc) is 2.76. The Hall–Kier alpha value is -4.15. The topological polar surface area (TPSA) is 196 Å². The predicted molar refractivity (Wildman–Crippen MR) is 124 cm³/mol. The highest BCUT2D eigenvalue weighted by atomic mass is 32.2. The van der Waals surface area contributed by atoms with Crippen molar-refractivity contribution in [3.8, 4) is 29.4 Å². The van der Waals surface area contributed by atoms with E-state index < -0.39 is 28.5 Å². The first-order valence-electron chi connectivity index (χ1n) is 9.54. The SMILES string of the molecule is O=[N+]([O-])c1ccc(C2c3c(O)nc(=S)[nH]c3Oc3[nH]c(=S)nc(Sc4nc(O)cc(O)n4)c32)cc1. The van der Waals surface area contributed by atoms with Gasteiger partial charge >= 0.3 is 0 Å². The van der Waals surface area contributed by atoms with Gasteiger partial charge in [-0.3, -0.25) is 10.1 Å². The van der Waals surface area contributed by atoms with Gasteiger partial charge in [0.2, 0.25) is 44.1 Å². The van der Waals surface area contributed by atoms with Crippen LogP contribution in [0.15, 0.2) is 40.5 Å². The summed E-state index contributed by atoms with van der Waals surface area (Å²) in [6.07, 6.45) is 0. The highest BCUT2D eigenvalue weighted by Gasteiger charge is 2.37. The first kappa shape index (κ1) is 22.6. The third-order valence-electron chi connectivity index (χ3n) is 4.90. The van der Waals surface area contributed by atoms with E-state index in [1.54, 1.807) is 0 Å². The molecule has 1 aromatic carbocycles. The molecule has 4 aromatic rings. The van der Waals surface area contributed by atoms with E-state index in [0.29, 0.717) is 11.1 Å². The molecule has 16 heteroatoms. The molecule has 5 rings (SSSR count). The molecule has 0 aliphatic carbocycles. The second kappa shape index (κ2) is 8.57. The molecule has 1 aliphatic rings. The number of hydrogen-bond acceptors (Lipinski definition) is 13. The summed E-state index contributed by atoms with van der Waals surface area (Å²) in [5.74, 6) is -1.89. The van der Waals surface area contributed by atoms with Crippen LogP contribution >= 0.6 is 36.2 Å². The van der Waals surface area contributed by atoms with Crippen molar-refractivity contribution in [2.75, 3.05) is 0 Å². The Morgan fingerprint density at radius 2 is 1.54 bits per heavy atom. The first-order chi connectivity index (χ1) is 16.7. The zero-order chi connectivity index (χ0) is 24.9. The van der Waals surface area contributed by atoms with E-state index in [1.165, 1.54) is 24.3 Å². The number of nitro groups is 1. The monoisotopic (exact) mass is 529 g/mol. The van der Waals surface area contributed by atoms with Crippen LogP contribution < -0.4 is 4.74 Å². The summed E-state index contributed by atoms with van der Waals surface area (Å²) >= 11 is 11.2. The van der Waals surface area contributed by atoms with Gasteiger partial charge in [0.05, 0.1) is 28.0 Å². The van der Waals surface area contributed by atoms with Gasteiger partial charge in [0.1, 0.15) is 5.03 Å². The molecule has 13 nitrogen and oxygen atoms in total. The molecule has 0 saturated heterocycles. The second-order valence-corrected chi connectivity index (χ2v) is 8.78. The highest BCUT2D eigenvalue weighted by Crippen LogP contribution is 2.51. The van der Waals surface area contributed by atoms with Gasteiger partial charge in [0.25, 0.3) is 5.69 Å². The standard InChI is InChI=1S/C19H11N7O6S3/c27-8-5-9(28)21-19(20-8)35-16-12-10(6-1-3-7(4-2-6)26(30)31)11-13(29)22-17(33)23-14(11)32-15(12)24-18(34)25-16/h1-5,10H,(H,24,25,34)(H2,20,21,27,28)(H2,22,23,29,33). The van der Waals surface area contributed by atoms with Crippen molar-refractivity contribution in [1.29, 1.82) is 0 Å². The van der Waals surface area contributed by atoms with E-state index in [0.717, 1.165) is 17.8 Å². The van der Waals surface area contributed by atoms with Gasteiger partial charge in [-0.15, -0.1) is 0 Å². The molecule has 0 bridgehead atoms. The molecule has 35 heavy (non-hydrogen) atoms. The van der Waals surface area contributed by atoms with E-state index in [1.807, 2.05) is 0 Å². The molecule has 0 saturated carbocycles. The number of nitrogens with one attached hydrogen (secondary N) is 2. The largest absolute Gasteiger partial charge is 0.493 e. The number of aromatic hydroxyl groups is 3. The molecule has 0 fully saturated rings. The number of H-pyrrole nitrogens is 2. The summed E-state index contributed by atoms with van der Waals surface area (Å²) in [4.78, 5) is 32.3. The summed E-state index contributed by atoms with van der Waals surface area (Å²) in [5.41, 5.74) is 0.977. The number of rotatable bonds is 4. The summed E-state index contributed by atoms with van der Waals surface area (Å²) in [6, 6.07) is 6.66. The molecule has 1 aliphatic heterocycles. The number of non-ortho nitro benzene ring substituents is 1. The van der Waals surface area contributed by atoms with Crippen LogP contribution in [0.1, 0.15) is 22.6 Å². The summed E-state index contributed by atoms with van der Waals surface area (Å²) in [7, 11) is 0. The average molecular weight is 530 g/mol. The van der Waals surface area contributed by atoms with Crippen LogP contribution in [0.3, 0.4) is 0 Å². The lowest BCUT2D eigenvalue weighted by atomic mass is 9.85. The number of nitro benzene ring substituents is 1. The summed E-state index contributed by atoms with van der Waals surface area (Å²) < 4.78 is 5.92. The van der Waals surface area contributed by atoms with Gasteiger partial charge < -0.3 is 30.0 Å². The highest BCUT2D eigenvalue weighted by molar-refractivity contribution is 7.99. The maximum atomic E-state index is 11.2. The van der Waals surface area contributed by atoms with Crippen LogP contribution in [-0.4, -0.2) is 50.1 Å². The lowest BCUT2D eigenvalue weighted by Crippen LogP contribution is -2.17. The molecule has 3 aromatic heterocycles. The summed E-state index contributed by atoms with van der Waals surface area (Å²) in [6.45, 7) is 0. The van der Waals surface area contributed by atoms with Crippen molar-refractivity contribution < 1.29 is 25.0 Å². The lowest BCUT2D eigenvalue weighted by molar-refractivity contribution is -0.384. The van der Waals surface area contributed by atoms with Crippen LogP contribution in [-0.2, 0) is 0 Å². The van der Waals surface area contributed by atoms with Crippen LogP contribution in [0.4, 0.5) is 5.69 Å². The molecule has 4 heterocycles. The summed E-state index contributed by atoms with van der Waals surface area (Å²) in [5, 5.41) is 41.6. The molecule has 0 radical (unpaired) electrons. The van der Waals surface area contributed by atoms with Crippen molar-refractivity contribution in [2.24, 2.45) is 0 Å². The Kier molecular flexibility index (Phi) is 5.54. The fourth-order valence-corrected chi connectivity index (χ4v) is 4.88. The minimum atomic E-state index is -0.804. The van der Waals surface area contributed by atoms with E-state index in [4.69, 9.17) is 29.2 Å². The number of benzene rings is 1. The van der Waals surface area contributed by atoms with Gasteiger partial charge in [0, 0.05) is 12.1 Å². The van der Waals surface area contributed by atoms with Crippen LogP contribution in [0, 0.1) is 19.7 Å². The number of fused-ring (bicyclic) bond motifs is 2. The lowest BCUT2D eigenvalue weighted by Gasteiger charge is -2.28. The molecule has 1 atom stereocenters. The first-order valence-corrected chi connectivity index (χ1v) is 11.2. The minimum absolute atomic E-state index is 0.0296. The number of aromatic nitrogens is 6. The van der Waals surface area contributed by atoms with Gasteiger partial charge in [-0.25, -0.2) is 4.98 Å². The maximum Gasteiger partial charge on any atom is 0.269 e. The fourth-order valence-electron chi connectivity index (χ4n) is 3.55. The number of nitrogens with zero attached hydrogens (tertiary/aromatic N) is 5. The zero-order valence-electron chi connectivity index (χ0n) is 17.0. The van der Waals surface area contributed by atoms with Gasteiger partial charge in [-0.2, -0.15) is 15.0 Å². The van der Waals surface area contributed by atoms with E-state index in [2.05, 4.69) is 29.9 Å². The molecular weight excluding hydrogens is 518 g/mol. The normalized spacial score (nSPS) is 14.0. The quantitative estimate of drug-likeness (QED) is 0.0741. The molecule has 1 unspecified atom stereocenters. The maximum absolute atomic E-state index is 11.2. The third-order valence-corrected chi connectivity index (χ3v) is 6.15. The molecule has 0 amide bonds. The fraction of sp³-hybridized carbons (Fsp3) is 0.0526. The van der Waals surface area contributed by atoms with Crippen molar-refractivity contribution >= 4 is 41.9 Å². The van der Waals surface area contributed by atoms with Crippen LogP contribution in [0.2, 0.25) is 0 Å². The van der Waals surface area contributed by atoms with Gasteiger partial charge in [-0.05, 0) is 41.8 Å². The molecule has 5 N–H and O–H groups in total. The van der Waals surface area contributed by atoms with Crippen molar-refractivity contribution in [3.63, 3.8) is 0 Å². The van der Waals surface area contributed by atoms with Crippen molar-refractivity contribution in [2.45, 2.75) is 16.1 Å². The smallest absolute Gasteiger partial charge is 0.269 e. The minimum Gasteiger partial charge on any atom is -0.493 e. The molecular formula is C19H11N7O6S3.